The molecule has 5 rings (SSSR count). The summed E-state index contributed by atoms with van der Waals surface area (Å²) in [6, 6.07) is 21.6. The molecule has 3 aromatic carbocycles. The van der Waals surface area contributed by atoms with Crippen LogP contribution in [0.5, 0.6) is 0 Å². The Kier molecular flexibility index (Phi) is 7.62. The number of carbonyl (C=O) groups is 1. The lowest BCUT2D eigenvalue weighted by atomic mass is 9.94. The van der Waals surface area contributed by atoms with Crippen molar-refractivity contribution in [2.75, 3.05) is 0 Å². The zero-order valence-corrected chi connectivity index (χ0v) is 23.8. The van der Waals surface area contributed by atoms with E-state index < -0.39 is 5.97 Å². The molecular weight excluding hydrogens is 500 g/mol. The summed E-state index contributed by atoms with van der Waals surface area (Å²) in [6.07, 6.45) is 4.31. The molecule has 1 aromatic heterocycles. The van der Waals surface area contributed by atoms with E-state index in [1.807, 2.05) is 30.8 Å². The average molecular weight is 535 g/mol. The van der Waals surface area contributed by atoms with E-state index >= 15 is 0 Å². The maximum Gasteiger partial charge on any atom is 0.331 e. The smallest absolute Gasteiger partial charge is 0.318 e. The van der Waals surface area contributed by atoms with Crippen LogP contribution >= 0.6 is 11.8 Å². The van der Waals surface area contributed by atoms with Crippen molar-refractivity contribution in [3.8, 4) is 5.69 Å². The lowest BCUT2D eigenvalue weighted by molar-refractivity contribution is -0.140. The largest absolute Gasteiger partial charge is 0.331 e. The van der Waals surface area contributed by atoms with E-state index in [4.69, 9.17) is 4.84 Å². The van der Waals surface area contributed by atoms with Crippen molar-refractivity contribution in [2.45, 2.75) is 45.8 Å². The Bertz CT molecular complexity index is 1660. The highest BCUT2D eigenvalue weighted by atomic mass is 32.2. The van der Waals surface area contributed by atoms with Gasteiger partial charge in [0.05, 0.1) is 16.7 Å². The van der Waals surface area contributed by atoms with Crippen LogP contribution in [0.2, 0.25) is 0 Å². The molecule has 5 heteroatoms. The number of thioether (sulfide) groups is 1. The Hall–Kier alpha value is -3.83. The molecule has 0 aliphatic carbocycles. The van der Waals surface area contributed by atoms with Gasteiger partial charge in [0, 0.05) is 28.6 Å². The SMILES string of the molecule is C=C(CCC)c1ccc2c(c1)c1cc(C(=C)C3SC=CC3C)ccc1n2-c1ccc(/C(C)=N\OC(C)=O)cc1. The number of rotatable bonds is 8. The highest BCUT2D eigenvalue weighted by Crippen LogP contribution is 2.41. The summed E-state index contributed by atoms with van der Waals surface area (Å²) in [7, 11) is 0. The summed E-state index contributed by atoms with van der Waals surface area (Å²) in [5.74, 6) is 0.0337. The molecule has 0 bridgehead atoms. The average Bonchev–Trinajstić information content (AvgIpc) is 3.51. The number of allylic oxidation sites excluding steroid dienone is 2. The van der Waals surface area contributed by atoms with Gasteiger partial charge >= 0.3 is 5.97 Å². The monoisotopic (exact) mass is 534 g/mol. The second-order valence-electron chi connectivity index (χ2n) is 10.2. The quantitative estimate of drug-likeness (QED) is 0.129. The lowest BCUT2D eigenvalue weighted by Crippen LogP contribution is -2.09. The Morgan fingerprint density at radius 1 is 0.949 bits per heavy atom. The van der Waals surface area contributed by atoms with Crippen LogP contribution in [-0.4, -0.2) is 21.5 Å². The summed E-state index contributed by atoms with van der Waals surface area (Å²) in [5, 5.41) is 8.89. The van der Waals surface area contributed by atoms with Gasteiger partial charge in [0.15, 0.2) is 0 Å². The summed E-state index contributed by atoms with van der Waals surface area (Å²) in [5.41, 5.74) is 9.57. The molecule has 4 aromatic rings. The number of benzene rings is 3. The maximum atomic E-state index is 11.1. The minimum absolute atomic E-state index is 0.361. The van der Waals surface area contributed by atoms with Crippen molar-refractivity contribution in [3.05, 3.63) is 102 Å². The molecule has 1 aliphatic rings. The Morgan fingerprint density at radius 3 is 2.15 bits per heavy atom. The fourth-order valence-electron chi connectivity index (χ4n) is 5.25. The predicted octanol–water partition coefficient (Wildman–Crippen LogP) is 9.16. The minimum atomic E-state index is -0.434. The lowest BCUT2D eigenvalue weighted by Gasteiger charge is -2.18. The van der Waals surface area contributed by atoms with Crippen LogP contribution in [0.15, 0.2) is 90.5 Å². The van der Waals surface area contributed by atoms with E-state index in [1.54, 1.807) is 0 Å². The number of hydrogen-bond acceptors (Lipinski definition) is 4. The first kappa shape index (κ1) is 26.8. The standard InChI is InChI=1S/C34H34N2O2S/c1-7-8-21(2)27-11-15-32-30(19-27)31-20-28(23(4)34-22(3)17-18-39-34)12-16-33(31)36(32)29-13-9-26(10-14-29)24(5)35-38-25(6)37/h9-20,22,34H,2,4,7-8H2,1,3,5-6H3/b35-24-. The molecule has 0 saturated carbocycles. The van der Waals surface area contributed by atoms with Crippen LogP contribution in [0.1, 0.15) is 57.2 Å². The number of aromatic nitrogens is 1. The van der Waals surface area contributed by atoms with Crippen molar-refractivity contribution in [1.82, 2.24) is 4.57 Å². The molecule has 0 radical (unpaired) electrons. The van der Waals surface area contributed by atoms with Gasteiger partial charge in [-0.25, -0.2) is 4.79 Å². The first-order chi connectivity index (χ1) is 18.8. The third-order valence-electron chi connectivity index (χ3n) is 7.38. The van der Waals surface area contributed by atoms with E-state index in [1.165, 1.54) is 34.4 Å². The topological polar surface area (TPSA) is 43.6 Å². The van der Waals surface area contributed by atoms with Crippen LogP contribution in [0, 0.1) is 5.92 Å². The fraction of sp³-hybridized carbons (Fsp3) is 0.235. The molecule has 0 amide bonds. The first-order valence-corrected chi connectivity index (χ1v) is 14.3. The number of carbonyl (C=O) groups excluding carboxylic acids is 1. The molecule has 0 N–H and O–H groups in total. The molecule has 0 fully saturated rings. The van der Waals surface area contributed by atoms with Crippen molar-refractivity contribution in [1.29, 1.82) is 0 Å². The molecule has 2 unspecified atom stereocenters. The molecular formula is C34H34N2O2S. The zero-order valence-electron chi connectivity index (χ0n) is 23.0. The van der Waals surface area contributed by atoms with Crippen molar-refractivity contribution in [2.24, 2.45) is 11.1 Å². The molecule has 1 aliphatic heterocycles. The molecule has 4 nitrogen and oxygen atoms in total. The third-order valence-corrected chi connectivity index (χ3v) is 8.70. The van der Waals surface area contributed by atoms with Gasteiger partial charge in [0.1, 0.15) is 0 Å². The second-order valence-corrected chi connectivity index (χ2v) is 11.3. The van der Waals surface area contributed by atoms with Crippen LogP contribution in [0.3, 0.4) is 0 Å². The predicted molar refractivity (Wildman–Crippen MR) is 167 cm³/mol. The highest BCUT2D eigenvalue weighted by Gasteiger charge is 2.24. The van der Waals surface area contributed by atoms with Crippen molar-refractivity contribution >= 4 is 56.4 Å². The fourth-order valence-corrected chi connectivity index (χ4v) is 6.39. The van der Waals surface area contributed by atoms with E-state index in [2.05, 4.69) is 96.7 Å². The van der Waals surface area contributed by atoms with Crippen molar-refractivity contribution in [3.63, 3.8) is 0 Å². The maximum absolute atomic E-state index is 11.1. The van der Waals surface area contributed by atoms with E-state index in [0.717, 1.165) is 40.7 Å². The molecule has 0 saturated heterocycles. The van der Waals surface area contributed by atoms with Crippen LogP contribution in [0.4, 0.5) is 0 Å². The van der Waals surface area contributed by atoms with Gasteiger partial charge in [0.25, 0.3) is 0 Å². The number of nitrogens with zero attached hydrogens (tertiary/aromatic N) is 2. The van der Waals surface area contributed by atoms with Gasteiger partial charge in [-0.05, 0) is 88.9 Å². The summed E-state index contributed by atoms with van der Waals surface area (Å²) in [6.45, 7) is 16.5. The van der Waals surface area contributed by atoms with Gasteiger partial charge in [-0.3, -0.25) is 0 Å². The van der Waals surface area contributed by atoms with Gasteiger partial charge in [-0.15, -0.1) is 11.8 Å². The van der Waals surface area contributed by atoms with Crippen molar-refractivity contribution < 1.29 is 9.63 Å². The molecule has 2 atom stereocenters. The zero-order chi connectivity index (χ0) is 27.7. The molecule has 39 heavy (non-hydrogen) atoms. The highest BCUT2D eigenvalue weighted by molar-refractivity contribution is 8.03. The summed E-state index contributed by atoms with van der Waals surface area (Å²) >= 11 is 1.85. The Balaban J connectivity index is 1.64. The summed E-state index contributed by atoms with van der Waals surface area (Å²) in [4.78, 5) is 16.0. The first-order valence-electron chi connectivity index (χ1n) is 13.4. The number of hydrogen-bond donors (Lipinski definition) is 0. The van der Waals surface area contributed by atoms with Crippen LogP contribution in [0.25, 0.3) is 38.6 Å². The van der Waals surface area contributed by atoms with E-state index in [0.29, 0.717) is 16.9 Å². The summed E-state index contributed by atoms with van der Waals surface area (Å²) < 4.78 is 2.31. The Morgan fingerprint density at radius 2 is 1.56 bits per heavy atom. The van der Waals surface area contributed by atoms with E-state index in [-0.39, 0.29) is 0 Å². The Labute approximate surface area is 234 Å². The van der Waals surface area contributed by atoms with Gasteiger partial charge in [-0.2, -0.15) is 0 Å². The molecule has 198 valence electrons. The molecule has 2 heterocycles. The minimum Gasteiger partial charge on any atom is -0.318 e. The van der Waals surface area contributed by atoms with Crippen LogP contribution < -0.4 is 0 Å². The van der Waals surface area contributed by atoms with Gasteiger partial charge < -0.3 is 9.40 Å². The van der Waals surface area contributed by atoms with Gasteiger partial charge in [0.2, 0.25) is 0 Å². The third kappa shape index (κ3) is 5.24. The van der Waals surface area contributed by atoms with E-state index in [9.17, 15) is 4.79 Å². The number of oxime groups is 1. The normalized spacial score (nSPS) is 17.2. The molecule has 0 spiro atoms. The van der Waals surface area contributed by atoms with Gasteiger partial charge in [-0.1, -0.05) is 68.9 Å². The second kappa shape index (κ2) is 11.1. The number of fused-ring (bicyclic) bond motifs is 3. The van der Waals surface area contributed by atoms with Crippen LogP contribution in [-0.2, 0) is 9.63 Å².